The normalized spacial score (nSPS) is 13.2. The fraction of sp³-hybridized carbons (Fsp3) is 0.263. The van der Waals surface area contributed by atoms with E-state index in [1.807, 2.05) is 0 Å². The van der Waals surface area contributed by atoms with Gasteiger partial charge in [0, 0.05) is 18.6 Å². The van der Waals surface area contributed by atoms with Gasteiger partial charge in [0.15, 0.2) is 32.2 Å². The molecule has 0 aromatic heterocycles. The van der Waals surface area contributed by atoms with Gasteiger partial charge in [-0.2, -0.15) is 0 Å². The van der Waals surface area contributed by atoms with Crippen molar-refractivity contribution in [3.63, 3.8) is 0 Å². The lowest BCUT2D eigenvalue weighted by Gasteiger charge is -2.18. The highest BCUT2D eigenvalue weighted by Gasteiger charge is 2.20. The predicted molar refractivity (Wildman–Crippen MR) is 102 cm³/mol. The lowest BCUT2D eigenvalue weighted by atomic mass is 10.1. The van der Waals surface area contributed by atoms with Gasteiger partial charge in [0.25, 0.3) is 0 Å². The molecule has 142 valence electrons. The van der Waals surface area contributed by atoms with Gasteiger partial charge >= 0.3 is 0 Å². The lowest BCUT2D eigenvalue weighted by molar-refractivity contribution is -0.109. The zero-order valence-corrected chi connectivity index (χ0v) is 16.3. The van der Waals surface area contributed by atoms with Crippen LogP contribution in [0.25, 0.3) is 0 Å². The van der Waals surface area contributed by atoms with Gasteiger partial charge in [-0.25, -0.2) is 8.42 Å². The second-order valence-electron chi connectivity index (χ2n) is 5.96. The van der Waals surface area contributed by atoms with Gasteiger partial charge in [0.2, 0.25) is 0 Å². The molecule has 3 rings (SSSR count). The smallest absolute Gasteiger partial charge is 0.186 e. The Kier molecular flexibility index (Phi) is 5.86. The van der Waals surface area contributed by atoms with Gasteiger partial charge in [0.1, 0.15) is 13.2 Å². The lowest BCUT2D eigenvalue weighted by Crippen LogP contribution is -2.16. The van der Waals surface area contributed by atoms with E-state index >= 15 is 0 Å². The van der Waals surface area contributed by atoms with E-state index in [-0.39, 0.29) is 27.3 Å². The molecule has 0 atom stereocenters. The van der Waals surface area contributed by atoms with Gasteiger partial charge in [-0.1, -0.05) is 36.0 Å². The zero-order valence-electron chi connectivity index (χ0n) is 14.6. The number of carbonyl (C=O) groups excluding carboxylic acids is 2. The van der Waals surface area contributed by atoms with Crippen LogP contribution in [0.2, 0.25) is 0 Å². The molecule has 1 heterocycles. The highest BCUT2D eigenvalue weighted by molar-refractivity contribution is 8.14. The van der Waals surface area contributed by atoms with Crippen molar-refractivity contribution in [1.29, 1.82) is 0 Å². The number of ether oxygens (including phenoxy) is 2. The van der Waals surface area contributed by atoms with E-state index < -0.39 is 9.84 Å². The first-order chi connectivity index (χ1) is 12.8. The molecule has 2 aromatic carbocycles. The van der Waals surface area contributed by atoms with Crippen molar-refractivity contribution >= 4 is 32.5 Å². The molecule has 0 aliphatic carbocycles. The Morgan fingerprint density at radius 1 is 1.00 bits per heavy atom. The van der Waals surface area contributed by atoms with Crippen LogP contribution in [0.3, 0.4) is 0 Å². The van der Waals surface area contributed by atoms with Crippen LogP contribution in [0, 0.1) is 0 Å². The number of ketones is 1. The summed E-state index contributed by atoms with van der Waals surface area (Å²) >= 11 is 0.950. The quantitative estimate of drug-likeness (QED) is 0.682. The summed E-state index contributed by atoms with van der Waals surface area (Å²) in [5.41, 5.74) is 1.02. The van der Waals surface area contributed by atoms with Crippen molar-refractivity contribution in [1.82, 2.24) is 0 Å². The molecule has 0 fully saturated rings. The van der Waals surface area contributed by atoms with E-state index in [1.165, 1.54) is 19.1 Å². The second kappa shape index (κ2) is 8.14. The van der Waals surface area contributed by atoms with Gasteiger partial charge in [0.05, 0.1) is 16.4 Å². The molecule has 0 saturated carbocycles. The largest absolute Gasteiger partial charge is 0.486 e. The Morgan fingerprint density at radius 2 is 1.67 bits per heavy atom. The van der Waals surface area contributed by atoms with Crippen molar-refractivity contribution in [2.24, 2.45) is 0 Å². The molecule has 0 amide bonds. The molecule has 0 radical (unpaired) electrons. The van der Waals surface area contributed by atoms with Crippen LogP contribution in [-0.2, 0) is 20.4 Å². The molecule has 1 aliphatic heterocycles. The monoisotopic (exact) mass is 406 g/mol. The average molecular weight is 406 g/mol. The van der Waals surface area contributed by atoms with Crippen LogP contribution >= 0.6 is 11.8 Å². The summed E-state index contributed by atoms with van der Waals surface area (Å²) in [6.07, 6.45) is 0. The molecule has 6 nitrogen and oxygen atoms in total. The van der Waals surface area contributed by atoms with E-state index in [2.05, 4.69) is 0 Å². The van der Waals surface area contributed by atoms with Crippen LogP contribution in [0.15, 0.2) is 47.4 Å². The number of Topliss-reactive ketones (excluding diaryl/α,β-unsaturated/α-hetero) is 1. The molecule has 0 bridgehead atoms. The minimum atomic E-state index is -3.57. The summed E-state index contributed by atoms with van der Waals surface area (Å²) < 4.78 is 36.2. The molecule has 27 heavy (non-hydrogen) atoms. The van der Waals surface area contributed by atoms with Crippen LogP contribution in [0.1, 0.15) is 22.8 Å². The molecule has 1 aliphatic rings. The van der Waals surface area contributed by atoms with Gasteiger partial charge < -0.3 is 9.47 Å². The van der Waals surface area contributed by atoms with Crippen LogP contribution < -0.4 is 9.47 Å². The van der Waals surface area contributed by atoms with E-state index in [1.54, 1.807) is 30.3 Å². The topological polar surface area (TPSA) is 86.7 Å². The number of carbonyl (C=O) groups is 2. The third-order valence-electron chi connectivity index (χ3n) is 3.91. The van der Waals surface area contributed by atoms with Gasteiger partial charge in [-0.05, 0) is 17.7 Å². The molecule has 0 saturated heterocycles. The number of rotatable bonds is 6. The maximum Gasteiger partial charge on any atom is 0.186 e. The molecule has 0 unspecified atom stereocenters. The Hall–Kier alpha value is -2.32. The third-order valence-corrected chi connectivity index (χ3v) is 6.41. The minimum absolute atomic E-state index is 0.0736. The van der Waals surface area contributed by atoms with Crippen LogP contribution in [0.4, 0.5) is 0 Å². The minimum Gasteiger partial charge on any atom is -0.486 e. The van der Waals surface area contributed by atoms with E-state index in [9.17, 15) is 18.0 Å². The summed E-state index contributed by atoms with van der Waals surface area (Å²) in [6.45, 7) is 2.23. The zero-order chi connectivity index (χ0) is 19.4. The second-order valence-corrected chi connectivity index (χ2v) is 9.11. The SMILES string of the molecule is CC(=O)SCC(=O)c1ccc(CS(=O)(=O)c2ccc3c(c2)OCCO3)cc1. The fourth-order valence-corrected chi connectivity index (χ4v) is 4.42. The van der Waals surface area contributed by atoms with Crippen molar-refractivity contribution in [2.45, 2.75) is 17.6 Å². The molecule has 8 heteroatoms. The van der Waals surface area contributed by atoms with Crippen molar-refractivity contribution in [3.05, 3.63) is 53.6 Å². The Labute approximate surface area is 161 Å². The first-order valence-electron chi connectivity index (χ1n) is 8.23. The van der Waals surface area contributed by atoms with Crippen LogP contribution in [-0.4, -0.2) is 38.3 Å². The third kappa shape index (κ3) is 4.90. The van der Waals surface area contributed by atoms with E-state index in [0.717, 1.165) is 11.8 Å². The number of hydrogen-bond acceptors (Lipinski definition) is 7. The number of benzene rings is 2. The van der Waals surface area contributed by atoms with E-state index in [4.69, 9.17) is 9.47 Å². The van der Waals surface area contributed by atoms with Crippen molar-refractivity contribution in [3.8, 4) is 11.5 Å². The molecular formula is C19H18O6S2. The average Bonchev–Trinajstić information content (AvgIpc) is 2.66. The fourth-order valence-electron chi connectivity index (χ4n) is 2.56. The molecule has 2 aromatic rings. The first kappa shape index (κ1) is 19.4. The Morgan fingerprint density at radius 3 is 2.33 bits per heavy atom. The maximum atomic E-state index is 12.7. The summed E-state index contributed by atoms with van der Waals surface area (Å²) in [6, 6.07) is 11.0. The van der Waals surface area contributed by atoms with E-state index in [0.29, 0.717) is 35.8 Å². The van der Waals surface area contributed by atoms with Crippen molar-refractivity contribution < 1.29 is 27.5 Å². The summed E-state index contributed by atoms with van der Waals surface area (Å²) in [5, 5.41) is -0.120. The first-order valence-corrected chi connectivity index (χ1v) is 10.9. The maximum absolute atomic E-state index is 12.7. The standard InChI is InChI=1S/C19H18O6S2/c1-13(20)26-11-17(21)15-4-2-14(3-5-15)12-27(22,23)16-6-7-18-19(10-16)25-9-8-24-18/h2-7,10H,8-9,11-12H2,1H3. The number of thioether (sulfide) groups is 1. The summed E-state index contributed by atoms with van der Waals surface area (Å²) in [4.78, 5) is 23.1. The molecular weight excluding hydrogens is 388 g/mol. The molecule has 0 N–H and O–H groups in total. The van der Waals surface area contributed by atoms with Crippen LogP contribution in [0.5, 0.6) is 11.5 Å². The Balaban J connectivity index is 1.72. The summed E-state index contributed by atoms with van der Waals surface area (Å²) in [7, 11) is -3.57. The highest BCUT2D eigenvalue weighted by atomic mass is 32.2. The Bertz CT molecular complexity index is 964. The number of fused-ring (bicyclic) bond motifs is 1. The molecule has 0 spiro atoms. The van der Waals surface area contributed by atoms with Crippen molar-refractivity contribution in [2.75, 3.05) is 19.0 Å². The van der Waals surface area contributed by atoms with Gasteiger partial charge in [-0.15, -0.1) is 0 Å². The highest BCUT2D eigenvalue weighted by Crippen LogP contribution is 2.33. The number of hydrogen-bond donors (Lipinski definition) is 0. The van der Waals surface area contributed by atoms with Gasteiger partial charge in [-0.3, -0.25) is 9.59 Å². The summed E-state index contributed by atoms with van der Waals surface area (Å²) in [5.74, 6) is 0.669. The predicted octanol–water partition coefficient (Wildman–Crippen LogP) is 2.89. The number of sulfone groups is 1.